The van der Waals surface area contributed by atoms with Crippen LogP contribution in [0, 0.1) is 0 Å². The Balaban J connectivity index is 2.39. The van der Waals surface area contributed by atoms with Crippen molar-refractivity contribution >= 4 is 23.6 Å². The Bertz CT molecular complexity index is 504. The zero-order chi connectivity index (χ0) is 15.0. The molecule has 0 aliphatic heterocycles. The number of urea groups is 1. The van der Waals surface area contributed by atoms with E-state index in [1.165, 1.54) is 18.3 Å². The van der Waals surface area contributed by atoms with Crippen LogP contribution in [0.15, 0.2) is 18.3 Å². The van der Waals surface area contributed by atoms with Crippen molar-refractivity contribution in [2.75, 3.05) is 11.9 Å². The molecule has 0 atom stereocenters. The summed E-state index contributed by atoms with van der Waals surface area (Å²) in [6, 6.07) is 2.44. The van der Waals surface area contributed by atoms with Gasteiger partial charge in [0.1, 0.15) is 0 Å². The van der Waals surface area contributed by atoms with Crippen molar-refractivity contribution in [3.63, 3.8) is 0 Å². The Hall–Kier alpha value is -2.64. The number of hydrogen-bond donors (Lipinski definition) is 4. The van der Waals surface area contributed by atoms with Crippen LogP contribution in [0.1, 0.15) is 29.8 Å². The molecule has 5 N–H and O–H groups in total. The maximum absolute atomic E-state index is 11.5. The van der Waals surface area contributed by atoms with Crippen LogP contribution in [-0.4, -0.2) is 34.5 Å². The number of carbonyl (C=O) groups excluding carboxylic acids is 2. The van der Waals surface area contributed by atoms with Gasteiger partial charge in [0, 0.05) is 19.2 Å². The van der Waals surface area contributed by atoms with Gasteiger partial charge in [0.15, 0.2) is 5.69 Å². The first-order valence-electron chi connectivity index (χ1n) is 6.02. The summed E-state index contributed by atoms with van der Waals surface area (Å²) in [5.74, 6) is -1.60. The van der Waals surface area contributed by atoms with Crippen LogP contribution in [0.25, 0.3) is 0 Å². The number of nitrogens with zero attached hydrogens (tertiary/aromatic N) is 1. The van der Waals surface area contributed by atoms with Crippen molar-refractivity contribution in [1.82, 2.24) is 10.3 Å². The molecule has 1 aromatic heterocycles. The van der Waals surface area contributed by atoms with Crippen LogP contribution < -0.4 is 16.4 Å². The standard InChI is InChI=1S/C12H16N4O4/c13-9(17)5-1-2-6-15-12(20)16-8-4-3-7-14-10(8)11(18)19/h3-4,7H,1-2,5-6H2,(H2,13,17)(H,18,19)(H2,15,16,20). The summed E-state index contributed by atoms with van der Waals surface area (Å²) in [4.78, 5) is 36.6. The summed E-state index contributed by atoms with van der Waals surface area (Å²) >= 11 is 0. The molecule has 0 unspecified atom stereocenters. The van der Waals surface area contributed by atoms with Gasteiger partial charge < -0.3 is 21.5 Å². The first kappa shape index (κ1) is 15.4. The number of primary amides is 1. The van der Waals surface area contributed by atoms with Crippen LogP contribution in [0.3, 0.4) is 0 Å². The number of carboxylic acids is 1. The molecule has 0 aliphatic carbocycles. The van der Waals surface area contributed by atoms with E-state index < -0.39 is 12.0 Å². The van der Waals surface area contributed by atoms with Crippen LogP contribution in [-0.2, 0) is 4.79 Å². The molecule has 0 saturated carbocycles. The molecule has 0 aromatic carbocycles. The Morgan fingerprint density at radius 3 is 2.70 bits per heavy atom. The third-order valence-corrected chi connectivity index (χ3v) is 2.39. The fourth-order valence-electron chi connectivity index (χ4n) is 1.47. The van der Waals surface area contributed by atoms with Crippen LogP contribution in [0.5, 0.6) is 0 Å². The minimum Gasteiger partial charge on any atom is -0.476 e. The van der Waals surface area contributed by atoms with E-state index >= 15 is 0 Å². The van der Waals surface area contributed by atoms with Gasteiger partial charge in [-0.05, 0) is 25.0 Å². The Morgan fingerprint density at radius 2 is 2.05 bits per heavy atom. The number of aromatic nitrogens is 1. The molecule has 0 aliphatic rings. The molecule has 8 nitrogen and oxygen atoms in total. The third-order valence-electron chi connectivity index (χ3n) is 2.39. The molecule has 1 aromatic rings. The molecule has 1 rings (SSSR count). The second-order valence-electron chi connectivity index (χ2n) is 4.01. The number of hydrogen-bond acceptors (Lipinski definition) is 4. The highest BCUT2D eigenvalue weighted by Crippen LogP contribution is 2.11. The average molecular weight is 280 g/mol. The normalized spacial score (nSPS) is 9.80. The number of rotatable bonds is 7. The molecule has 0 fully saturated rings. The van der Waals surface area contributed by atoms with Gasteiger partial charge in [-0.2, -0.15) is 0 Å². The van der Waals surface area contributed by atoms with Gasteiger partial charge in [-0.1, -0.05) is 0 Å². The Kier molecular flexibility index (Phi) is 5.95. The topological polar surface area (TPSA) is 134 Å². The summed E-state index contributed by atoms with van der Waals surface area (Å²) in [6.45, 7) is 0.363. The maximum Gasteiger partial charge on any atom is 0.356 e. The highest BCUT2D eigenvalue weighted by atomic mass is 16.4. The summed E-state index contributed by atoms with van der Waals surface area (Å²) < 4.78 is 0. The summed E-state index contributed by atoms with van der Waals surface area (Å²) in [5, 5.41) is 13.9. The van der Waals surface area contributed by atoms with Gasteiger partial charge in [-0.25, -0.2) is 14.6 Å². The van der Waals surface area contributed by atoms with Crippen LogP contribution in [0.4, 0.5) is 10.5 Å². The van der Waals surface area contributed by atoms with Crippen LogP contribution >= 0.6 is 0 Å². The van der Waals surface area contributed by atoms with E-state index in [9.17, 15) is 14.4 Å². The SMILES string of the molecule is NC(=O)CCCCNC(=O)Nc1cccnc1C(=O)O. The molecular formula is C12H16N4O4. The quantitative estimate of drug-likeness (QED) is 0.541. The van der Waals surface area contributed by atoms with Crippen molar-refractivity contribution in [2.24, 2.45) is 5.73 Å². The Labute approximate surface area is 115 Å². The number of carbonyl (C=O) groups is 3. The number of unbranched alkanes of at least 4 members (excludes halogenated alkanes) is 1. The first-order valence-corrected chi connectivity index (χ1v) is 6.02. The van der Waals surface area contributed by atoms with E-state index in [2.05, 4.69) is 15.6 Å². The maximum atomic E-state index is 11.5. The summed E-state index contributed by atoms with van der Waals surface area (Å²) in [6.07, 6.45) is 2.80. The third kappa shape index (κ3) is 5.34. The smallest absolute Gasteiger partial charge is 0.356 e. The molecule has 20 heavy (non-hydrogen) atoms. The van der Waals surface area contributed by atoms with E-state index in [0.29, 0.717) is 19.4 Å². The van der Waals surface area contributed by atoms with E-state index in [-0.39, 0.29) is 23.7 Å². The number of carboxylic acid groups (broad SMARTS) is 1. The van der Waals surface area contributed by atoms with Gasteiger partial charge in [-0.15, -0.1) is 0 Å². The highest BCUT2D eigenvalue weighted by Gasteiger charge is 2.12. The van der Waals surface area contributed by atoms with Crippen LogP contribution in [0.2, 0.25) is 0 Å². The van der Waals surface area contributed by atoms with Crippen molar-refractivity contribution < 1.29 is 19.5 Å². The van der Waals surface area contributed by atoms with Crippen molar-refractivity contribution in [3.8, 4) is 0 Å². The molecule has 0 radical (unpaired) electrons. The number of anilines is 1. The lowest BCUT2D eigenvalue weighted by molar-refractivity contribution is -0.118. The monoisotopic (exact) mass is 280 g/mol. The number of nitrogens with one attached hydrogen (secondary N) is 2. The van der Waals surface area contributed by atoms with Crippen molar-refractivity contribution in [2.45, 2.75) is 19.3 Å². The average Bonchev–Trinajstić information content (AvgIpc) is 2.38. The fourth-order valence-corrected chi connectivity index (χ4v) is 1.47. The second-order valence-corrected chi connectivity index (χ2v) is 4.01. The lowest BCUT2D eigenvalue weighted by Crippen LogP contribution is -2.30. The number of nitrogens with two attached hydrogens (primary N) is 1. The molecule has 0 bridgehead atoms. The molecule has 0 saturated heterocycles. The fraction of sp³-hybridized carbons (Fsp3) is 0.333. The van der Waals surface area contributed by atoms with Gasteiger partial charge in [0.05, 0.1) is 5.69 Å². The van der Waals surface area contributed by atoms with Gasteiger partial charge in [-0.3, -0.25) is 4.79 Å². The van der Waals surface area contributed by atoms with E-state index in [0.717, 1.165) is 0 Å². The highest BCUT2D eigenvalue weighted by molar-refractivity contribution is 5.98. The molecule has 1 heterocycles. The molecule has 8 heteroatoms. The lowest BCUT2D eigenvalue weighted by atomic mass is 10.2. The van der Waals surface area contributed by atoms with E-state index in [1.54, 1.807) is 0 Å². The Morgan fingerprint density at radius 1 is 1.30 bits per heavy atom. The molecule has 0 spiro atoms. The van der Waals surface area contributed by atoms with Gasteiger partial charge >= 0.3 is 12.0 Å². The lowest BCUT2D eigenvalue weighted by Gasteiger charge is -2.08. The largest absolute Gasteiger partial charge is 0.476 e. The van der Waals surface area contributed by atoms with Crippen molar-refractivity contribution in [3.05, 3.63) is 24.0 Å². The van der Waals surface area contributed by atoms with Gasteiger partial charge in [0.25, 0.3) is 0 Å². The molecule has 108 valence electrons. The summed E-state index contributed by atoms with van der Waals surface area (Å²) in [7, 11) is 0. The zero-order valence-electron chi connectivity index (χ0n) is 10.8. The van der Waals surface area contributed by atoms with E-state index in [1.807, 2.05) is 0 Å². The van der Waals surface area contributed by atoms with E-state index in [4.69, 9.17) is 10.8 Å². The number of pyridine rings is 1. The zero-order valence-corrected chi connectivity index (χ0v) is 10.8. The predicted molar refractivity (Wildman–Crippen MR) is 71.3 cm³/mol. The minimum absolute atomic E-state index is 0.120. The van der Waals surface area contributed by atoms with Crippen molar-refractivity contribution in [1.29, 1.82) is 0 Å². The second kappa shape index (κ2) is 7.72. The molecule has 3 amide bonds. The predicted octanol–water partition coefficient (Wildman–Crippen LogP) is 0.557. The summed E-state index contributed by atoms with van der Waals surface area (Å²) in [5.41, 5.74) is 4.87. The number of aromatic carboxylic acids is 1. The molecular weight excluding hydrogens is 264 g/mol. The number of amides is 3. The first-order chi connectivity index (χ1) is 9.50. The van der Waals surface area contributed by atoms with Gasteiger partial charge in [0.2, 0.25) is 5.91 Å². The minimum atomic E-state index is -1.22.